The lowest BCUT2D eigenvalue weighted by Gasteiger charge is -1.95. The smallest absolute Gasteiger partial charge is 0.225 e. The summed E-state index contributed by atoms with van der Waals surface area (Å²) in [6.45, 7) is 3.95. The topological polar surface area (TPSA) is 40.9 Å². The Balaban J connectivity index is 2.68. The number of carbonyl (C=O) groups is 1. The van der Waals surface area contributed by atoms with Crippen LogP contribution in [0.15, 0.2) is 12.2 Å². The first-order valence-electron chi connectivity index (χ1n) is 3.77. The Labute approximate surface area is 76.8 Å². The molecule has 2 atom stereocenters. The average Bonchev–Trinajstić information content (AvgIpc) is 2.49. The summed E-state index contributed by atoms with van der Waals surface area (Å²) in [5.74, 6) is 0.0333. The molecule has 1 aliphatic carbocycles. The molecule has 0 N–H and O–H groups in total. The fourth-order valence-corrected chi connectivity index (χ4v) is 2.03. The van der Waals surface area contributed by atoms with Crippen LogP contribution >= 0.6 is 11.6 Å². The van der Waals surface area contributed by atoms with E-state index in [1.807, 2.05) is 19.9 Å². The molecule has 0 amide bonds. The van der Waals surface area contributed by atoms with Crippen LogP contribution in [-0.2, 0) is 4.79 Å². The zero-order valence-corrected chi connectivity index (χ0v) is 7.80. The second kappa shape index (κ2) is 2.91. The highest BCUT2D eigenvalue weighted by molar-refractivity contribution is 6.64. The van der Waals surface area contributed by atoms with Crippen molar-refractivity contribution in [2.45, 2.75) is 13.8 Å². The van der Waals surface area contributed by atoms with Crippen LogP contribution in [0.1, 0.15) is 13.8 Å². The summed E-state index contributed by atoms with van der Waals surface area (Å²) >= 11 is 5.38. The number of carbonyl (C=O) groups excluding carboxylic acids is 1. The quantitative estimate of drug-likeness (QED) is 0.486. The Hall–Kier alpha value is -0.810. The maximum Gasteiger partial charge on any atom is 0.225 e. The van der Waals surface area contributed by atoms with Crippen LogP contribution in [0.3, 0.4) is 0 Å². The predicted octanol–water partition coefficient (Wildman–Crippen LogP) is 2.10. The van der Waals surface area contributed by atoms with Crippen molar-refractivity contribution in [2.24, 2.45) is 17.3 Å². The molecule has 64 valence electrons. The first-order chi connectivity index (χ1) is 5.51. The summed E-state index contributed by atoms with van der Waals surface area (Å²) < 4.78 is 0. The lowest BCUT2D eigenvalue weighted by Crippen LogP contribution is -1.96. The molecular weight excluding hydrogens is 174 g/mol. The van der Waals surface area contributed by atoms with Crippen molar-refractivity contribution in [3.63, 3.8) is 0 Å². The van der Waals surface area contributed by atoms with Gasteiger partial charge in [0.05, 0.1) is 6.07 Å². The van der Waals surface area contributed by atoms with Gasteiger partial charge in [-0.15, -0.1) is 0 Å². The molecule has 0 aromatic heterocycles. The molecule has 0 spiro atoms. The summed E-state index contributed by atoms with van der Waals surface area (Å²) in [5, 5.41) is 7.98. The SMILES string of the molecule is CC1(C)C(C=CC#N)C1C(=O)Cl. The molecule has 0 saturated heterocycles. The van der Waals surface area contributed by atoms with Gasteiger partial charge in [-0.25, -0.2) is 0 Å². The highest BCUT2D eigenvalue weighted by Crippen LogP contribution is 2.59. The van der Waals surface area contributed by atoms with Crippen molar-refractivity contribution in [3.8, 4) is 6.07 Å². The van der Waals surface area contributed by atoms with E-state index in [0.29, 0.717) is 0 Å². The Morgan fingerprint density at radius 3 is 2.58 bits per heavy atom. The lowest BCUT2D eigenvalue weighted by atomic mass is 10.1. The van der Waals surface area contributed by atoms with E-state index in [9.17, 15) is 4.79 Å². The Kier molecular flexibility index (Phi) is 2.25. The minimum atomic E-state index is -0.299. The van der Waals surface area contributed by atoms with Gasteiger partial charge in [-0.05, 0) is 22.9 Å². The van der Waals surface area contributed by atoms with Gasteiger partial charge in [-0.3, -0.25) is 4.79 Å². The first-order valence-corrected chi connectivity index (χ1v) is 4.15. The van der Waals surface area contributed by atoms with Gasteiger partial charge in [0.25, 0.3) is 0 Å². The van der Waals surface area contributed by atoms with Gasteiger partial charge < -0.3 is 0 Å². The van der Waals surface area contributed by atoms with E-state index in [1.165, 1.54) is 6.08 Å². The highest BCUT2D eigenvalue weighted by Gasteiger charge is 2.59. The fraction of sp³-hybridized carbons (Fsp3) is 0.556. The largest absolute Gasteiger partial charge is 0.281 e. The first kappa shape index (κ1) is 9.28. The molecule has 0 aromatic carbocycles. The van der Waals surface area contributed by atoms with Crippen LogP contribution in [0.4, 0.5) is 0 Å². The van der Waals surface area contributed by atoms with E-state index in [2.05, 4.69) is 0 Å². The molecule has 0 bridgehead atoms. The summed E-state index contributed by atoms with van der Waals surface area (Å²) in [7, 11) is 0. The summed E-state index contributed by atoms with van der Waals surface area (Å²) in [5.41, 5.74) is -0.0633. The molecule has 3 heteroatoms. The number of hydrogen-bond donors (Lipinski definition) is 0. The Morgan fingerprint density at radius 1 is 1.67 bits per heavy atom. The van der Waals surface area contributed by atoms with Gasteiger partial charge in [0.1, 0.15) is 0 Å². The normalized spacial score (nSPS) is 31.5. The molecular formula is C9H10ClNO. The van der Waals surface area contributed by atoms with Gasteiger partial charge in [-0.2, -0.15) is 5.26 Å². The number of halogens is 1. The predicted molar refractivity (Wildman–Crippen MR) is 46.4 cm³/mol. The molecule has 1 rings (SSSR count). The van der Waals surface area contributed by atoms with Crippen molar-refractivity contribution in [1.29, 1.82) is 5.26 Å². The third-order valence-corrected chi connectivity index (χ3v) is 2.77. The van der Waals surface area contributed by atoms with E-state index in [-0.39, 0.29) is 22.5 Å². The fourth-order valence-electron chi connectivity index (χ4n) is 1.62. The van der Waals surface area contributed by atoms with Gasteiger partial charge in [0, 0.05) is 12.0 Å². The number of nitrogens with zero attached hydrogens (tertiary/aromatic N) is 1. The lowest BCUT2D eigenvalue weighted by molar-refractivity contribution is -0.113. The maximum atomic E-state index is 10.8. The van der Waals surface area contributed by atoms with Crippen LogP contribution in [0.2, 0.25) is 0 Å². The molecule has 2 unspecified atom stereocenters. The Bertz CT molecular complexity index is 275. The molecule has 1 saturated carbocycles. The second-order valence-corrected chi connectivity index (χ2v) is 3.99. The van der Waals surface area contributed by atoms with Gasteiger partial charge in [0.2, 0.25) is 5.24 Å². The van der Waals surface area contributed by atoms with E-state index in [0.717, 1.165) is 0 Å². The number of allylic oxidation sites excluding steroid dienone is 2. The zero-order chi connectivity index (χ0) is 9.35. The van der Waals surface area contributed by atoms with Crippen molar-refractivity contribution < 1.29 is 4.79 Å². The minimum absolute atomic E-state index is 0.0633. The van der Waals surface area contributed by atoms with Crippen LogP contribution in [0.25, 0.3) is 0 Å². The molecule has 2 nitrogen and oxygen atoms in total. The van der Waals surface area contributed by atoms with Crippen molar-refractivity contribution >= 4 is 16.8 Å². The number of hydrogen-bond acceptors (Lipinski definition) is 2. The molecule has 0 aromatic rings. The minimum Gasteiger partial charge on any atom is -0.281 e. The van der Waals surface area contributed by atoms with Crippen molar-refractivity contribution in [2.75, 3.05) is 0 Å². The van der Waals surface area contributed by atoms with Crippen LogP contribution < -0.4 is 0 Å². The van der Waals surface area contributed by atoms with E-state index < -0.39 is 0 Å². The summed E-state index contributed by atoms with van der Waals surface area (Å²) in [6, 6.07) is 1.90. The summed E-state index contributed by atoms with van der Waals surface area (Å²) in [4.78, 5) is 10.8. The van der Waals surface area contributed by atoms with Crippen LogP contribution in [0, 0.1) is 28.6 Å². The van der Waals surface area contributed by atoms with Crippen LogP contribution in [0.5, 0.6) is 0 Å². The van der Waals surface area contributed by atoms with E-state index >= 15 is 0 Å². The average molecular weight is 184 g/mol. The van der Waals surface area contributed by atoms with Crippen LogP contribution in [-0.4, -0.2) is 5.24 Å². The second-order valence-electron chi connectivity index (χ2n) is 3.62. The third kappa shape index (κ3) is 1.37. The third-order valence-electron chi connectivity index (χ3n) is 2.53. The Morgan fingerprint density at radius 2 is 2.25 bits per heavy atom. The van der Waals surface area contributed by atoms with Crippen molar-refractivity contribution in [1.82, 2.24) is 0 Å². The molecule has 0 radical (unpaired) electrons. The van der Waals surface area contributed by atoms with Gasteiger partial charge >= 0.3 is 0 Å². The van der Waals surface area contributed by atoms with Gasteiger partial charge in [0.15, 0.2) is 0 Å². The molecule has 0 aliphatic heterocycles. The molecule has 12 heavy (non-hydrogen) atoms. The maximum absolute atomic E-state index is 10.8. The number of nitriles is 1. The summed E-state index contributed by atoms with van der Waals surface area (Å²) in [6.07, 6.45) is 3.16. The molecule has 0 heterocycles. The monoisotopic (exact) mass is 183 g/mol. The van der Waals surface area contributed by atoms with E-state index in [4.69, 9.17) is 16.9 Å². The highest BCUT2D eigenvalue weighted by atomic mass is 35.5. The standard InChI is InChI=1S/C9H10ClNO/c1-9(2)6(4-3-5-11)7(9)8(10)12/h3-4,6-7H,1-2H3. The van der Waals surface area contributed by atoms with Crippen molar-refractivity contribution in [3.05, 3.63) is 12.2 Å². The molecule has 1 aliphatic rings. The molecule has 1 fully saturated rings. The van der Waals surface area contributed by atoms with Gasteiger partial charge in [-0.1, -0.05) is 19.9 Å². The van der Waals surface area contributed by atoms with E-state index in [1.54, 1.807) is 6.08 Å². The zero-order valence-electron chi connectivity index (χ0n) is 7.04. The number of rotatable bonds is 2.